The van der Waals surface area contributed by atoms with Gasteiger partial charge in [-0.15, -0.1) is 0 Å². The molecule has 112 valence electrons. The normalized spacial score (nSPS) is 12.9. The molecule has 0 radical (unpaired) electrons. The number of rotatable bonds is 6. The van der Waals surface area contributed by atoms with E-state index in [1.807, 2.05) is 25.1 Å². The molecule has 2 aromatic carbocycles. The van der Waals surface area contributed by atoms with Crippen molar-refractivity contribution in [3.05, 3.63) is 60.2 Å². The first kappa shape index (κ1) is 15.5. The molecular formula is C16H20N2O2S. The summed E-state index contributed by atoms with van der Waals surface area (Å²) in [6.45, 7) is 2.03. The molecule has 3 N–H and O–H groups in total. The Hall–Kier alpha value is -1.85. The van der Waals surface area contributed by atoms with E-state index in [0.717, 1.165) is 12.8 Å². The fraction of sp³-hybridized carbons (Fsp3) is 0.250. The number of hydrogen-bond acceptors (Lipinski definition) is 3. The largest absolute Gasteiger partial charge is 0.381 e. The quantitative estimate of drug-likeness (QED) is 0.862. The van der Waals surface area contributed by atoms with Gasteiger partial charge in [0.05, 0.1) is 5.69 Å². The second-order valence-corrected chi connectivity index (χ2v) is 6.64. The smallest absolute Gasteiger partial charge is 0.240 e. The van der Waals surface area contributed by atoms with Crippen LogP contribution in [-0.4, -0.2) is 14.5 Å². The molecule has 0 aliphatic rings. The van der Waals surface area contributed by atoms with Crippen LogP contribution in [0.2, 0.25) is 0 Å². The SMILES string of the molecule is CC(CCc1ccccc1)Nc1ccccc1S(N)(=O)=O. The van der Waals surface area contributed by atoms with E-state index in [1.54, 1.807) is 18.2 Å². The third-order valence-electron chi connectivity index (χ3n) is 3.30. The molecule has 21 heavy (non-hydrogen) atoms. The first-order valence-electron chi connectivity index (χ1n) is 6.89. The second kappa shape index (κ2) is 6.74. The van der Waals surface area contributed by atoms with Crippen molar-refractivity contribution in [2.45, 2.75) is 30.7 Å². The van der Waals surface area contributed by atoms with Crippen molar-refractivity contribution in [1.29, 1.82) is 0 Å². The Morgan fingerprint density at radius 1 is 1.05 bits per heavy atom. The zero-order valence-electron chi connectivity index (χ0n) is 12.0. The first-order chi connectivity index (χ1) is 9.97. The zero-order valence-corrected chi connectivity index (χ0v) is 12.8. The highest BCUT2D eigenvalue weighted by Crippen LogP contribution is 2.21. The summed E-state index contributed by atoms with van der Waals surface area (Å²) < 4.78 is 23.1. The number of benzene rings is 2. The van der Waals surface area contributed by atoms with Crippen LogP contribution >= 0.6 is 0 Å². The molecule has 1 unspecified atom stereocenters. The molecule has 4 nitrogen and oxygen atoms in total. The van der Waals surface area contributed by atoms with Crippen LogP contribution in [0.1, 0.15) is 18.9 Å². The Bertz CT molecular complexity index is 684. The number of sulfonamides is 1. The number of nitrogens with two attached hydrogens (primary N) is 1. The van der Waals surface area contributed by atoms with Gasteiger partial charge in [0.1, 0.15) is 4.90 Å². The molecule has 0 saturated carbocycles. The van der Waals surface area contributed by atoms with Gasteiger partial charge in [-0.3, -0.25) is 0 Å². The molecule has 0 amide bonds. The average molecular weight is 304 g/mol. The molecule has 0 spiro atoms. The maximum atomic E-state index is 11.6. The van der Waals surface area contributed by atoms with Crippen molar-refractivity contribution >= 4 is 15.7 Å². The van der Waals surface area contributed by atoms with Crippen LogP contribution in [0.15, 0.2) is 59.5 Å². The summed E-state index contributed by atoms with van der Waals surface area (Å²) in [4.78, 5) is 0.136. The van der Waals surface area contributed by atoms with Crippen LogP contribution in [0.4, 0.5) is 5.69 Å². The van der Waals surface area contributed by atoms with Crippen molar-refractivity contribution in [3.8, 4) is 0 Å². The van der Waals surface area contributed by atoms with Crippen LogP contribution in [0.25, 0.3) is 0 Å². The summed E-state index contributed by atoms with van der Waals surface area (Å²) in [5.74, 6) is 0. The molecule has 0 aliphatic carbocycles. The van der Waals surface area contributed by atoms with Gasteiger partial charge in [0.2, 0.25) is 10.0 Å². The molecule has 0 aromatic heterocycles. The molecule has 0 fully saturated rings. The Labute approximate surface area is 126 Å². The van der Waals surface area contributed by atoms with E-state index in [9.17, 15) is 8.42 Å². The maximum absolute atomic E-state index is 11.6. The van der Waals surface area contributed by atoms with Crippen molar-refractivity contribution in [1.82, 2.24) is 0 Å². The van der Waals surface area contributed by atoms with Crippen LogP contribution in [-0.2, 0) is 16.4 Å². The lowest BCUT2D eigenvalue weighted by Gasteiger charge is -2.17. The van der Waals surface area contributed by atoms with Crippen molar-refractivity contribution in [2.24, 2.45) is 5.14 Å². The third-order valence-corrected chi connectivity index (χ3v) is 4.27. The van der Waals surface area contributed by atoms with Gasteiger partial charge < -0.3 is 5.32 Å². The number of anilines is 1. The molecule has 1 atom stereocenters. The van der Waals surface area contributed by atoms with Gasteiger partial charge in [-0.2, -0.15) is 0 Å². The van der Waals surface area contributed by atoms with Crippen LogP contribution in [0.3, 0.4) is 0 Å². The van der Waals surface area contributed by atoms with Gasteiger partial charge >= 0.3 is 0 Å². The Kier molecular flexibility index (Phi) is 4.98. The lowest BCUT2D eigenvalue weighted by molar-refractivity contribution is 0.597. The Morgan fingerprint density at radius 3 is 2.33 bits per heavy atom. The lowest BCUT2D eigenvalue weighted by Crippen LogP contribution is -2.20. The minimum Gasteiger partial charge on any atom is -0.381 e. The van der Waals surface area contributed by atoms with Crippen molar-refractivity contribution in [2.75, 3.05) is 5.32 Å². The number of aryl methyl sites for hydroxylation is 1. The fourth-order valence-electron chi connectivity index (χ4n) is 2.20. The minimum absolute atomic E-state index is 0.136. The van der Waals surface area contributed by atoms with Crippen LogP contribution < -0.4 is 10.5 Å². The number of nitrogens with one attached hydrogen (secondary N) is 1. The minimum atomic E-state index is -3.71. The van der Waals surface area contributed by atoms with E-state index >= 15 is 0 Å². The van der Waals surface area contributed by atoms with E-state index in [0.29, 0.717) is 5.69 Å². The monoisotopic (exact) mass is 304 g/mol. The highest BCUT2D eigenvalue weighted by molar-refractivity contribution is 7.89. The number of para-hydroxylation sites is 1. The number of hydrogen-bond donors (Lipinski definition) is 2. The topological polar surface area (TPSA) is 72.2 Å². The summed E-state index contributed by atoms with van der Waals surface area (Å²) in [7, 11) is -3.71. The van der Waals surface area contributed by atoms with Gasteiger partial charge in [-0.25, -0.2) is 13.6 Å². The fourth-order valence-corrected chi connectivity index (χ4v) is 2.90. The number of primary sulfonamides is 1. The molecule has 0 aliphatic heterocycles. The molecule has 0 bridgehead atoms. The van der Waals surface area contributed by atoms with Gasteiger partial charge in [0.15, 0.2) is 0 Å². The van der Waals surface area contributed by atoms with Crippen molar-refractivity contribution < 1.29 is 8.42 Å². The van der Waals surface area contributed by atoms with Gasteiger partial charge in [-0.05, 0) is 37.5 Å². The first-order valence-corrected chi connectivity index (χ1v) is 8.44. The molecule has 5 heteroatoms. The van der Waals surface area contributed by atoms with Gasteiger partial charge in [0.25, 0.3) is 0 Å². The summed E-state index contributed by atoms with van der Waals surface area (Å²) >= 11 is 0. The van der Waals surface area contributed by atoms with E-state index in [4.69, 9.17) is 5.14 Å². The van der Waals surface area contributed by atoms with E-state index in [1.165, 1.54) is 11.6 Å². The van der Waals surface area contributed by atoms with Crippen LogP contribution in [0, 0.1) is 0 Å². The Balaban J connectivity index is 2.02. The molecule has 0 heterocycles. The standard InChI is InChI=1S/C16H20N2O2S/c1-13(11-12-14-7-3-2-4-8-14)18-15-9-5-6-10-16(15)21(17,19)20/h2-10,13,18H,11-12H2,1H3,(H2,17,19,20). The highest BCUT2D eigenvalue weighted by atomic mass is 32.2. The summed E-state index contributed by atoms with van der Waals surface area (Å²) in [6, 6.07) is 17.1. The summed E-state index contributed by atoms with van der Waals surface area (Å²) in [5, 5.41) is 8.46. The Morgan fingerprint density at radius 2 is 1.67 bits per heavy atom. The summed E-state index contributed by atoms with van der Waals surface area (Å²) in [5.41, 5.74) is 1.83. The molecular weight excluding hydrogens is 284 g/mol. The highest BCUT2D eigenvalue weighted by Gasteiger charge is 2.14. The lowest BCUT2D eigenvalue weighted by atomic mass is 10.1. The predicted octanol–water partition coefficient (Wildman–Crippen LogP) is 2.77. The second-order valence-electron chi connectivity index (χ2n) is 5.11. The maximum Gasteiger partial charge on any atom is 0.240 e. The molecule has 2 rings (SSSR count). The van der Waals surface area contributed by atoms with Gasteiger partial charge in [0, 0.05) is 6.04 Å². The predicted molar refractivity (Wildman–Crippen MR) is 85.7 cm³/mol. The summed E-state index contributed by atoms with van der Waals surface area (Å²) in [6.07, 6.45) is 1.84. The van der Waals surface area contributed by atoms with Crippen molar-refractivity contribution in [3.63, 3.8) is 0 Å². The molecule has 0 saturated heterocycles. The van der Waals surface area contributed by atoms with E-state index in [2.05, 4.69) is 17.4 Å². The third kappa shape index (κ3) is 4.58. The van der Waals surface area contributed by atoms with Crippen LogP contribution in [0.5, 0.6) is 0 Å². The average Bonchev–Trinajstić information content (AvgIpc) is 2.46. The van der Waals surface area contributed by atoms with Gasteiger partial charge in [-0.1, -0.05) is 42.5 Å². The van der Waals surface area contributed by atoms with E-state index < -0.39 is 10.0 Å². The zero-order chi connectivity index (χ0) is 15.3. The van der Waals surface area contributed by atoms with E-state index in [-0.39, 0.29) is 10.9 Å². The molecule has 2 aromatic rings.